The van der Waals surface area contributed by atoms with Gasteiger partial charge in [-0.1, -0.05) is 6.07 Å². The maximum Gasteiger partial charge on any atom is 0.422 e. The summed E-state index contributed by atoms with van der Waals surface area (Å²) in [4.78, 5) is 12.1. The summed E-state index contributed by atoms with van der Waals surface area (Å²) in [7, 11) is 0. The van der Waals surface area contributed by atoms with Crippen LogP contribution >= 0.6 is 12.4 Å². The lowest BCUT2D eigenvalue weighted by Crippen LogP contribution is -2.45. The summed E-state index contributed by atoms with van der Waals surface area (Å²) in [6.07, 6.45) is -5.03. The van der Waals surface area contributed by atoms with Crippen molar-refractivity contribution in [2.75, 3.05) is 31.6 Å². The zero-order valence-electron chi connectivity index (χ0n) is 12.4. The van der Waals surface area contributed by atoms with E-state index in [0.29, 0.717) is 30.9 Å². The Bertz CT molecular complexity index is 534. The predicted molar refractivity (Wildman–Crippen MR) is 81.2 cm³/mol. The van der Waals surface area contributed by atoms with Crippen molar-refractivity contribution >= 4 is 24.0 Å². The second kappa shape index (κ2) is 8.37. The second-order valence-corrected chi connectivity index (χ2v) is 4.89. The van der Waals surface area contributed by atoms with Crippen molar-refractivity contribution in [2.24, 2.45) is 0 Å². The number of amides is 1. The predicted octanol–water partition coefficient (Wildman–Crippen LogP) is 2.28. The number of alkyl halides is 3. The van der Waals surface area contributed by atoms with Gasteiger partial charge in [-0.25, -0.2) is 0 Å². The van der Waals surface area contributed by atoms with Crippen molar-refractivity contribution in [3.05, 3.63) is 23.8 Å². The molecule has 23 heavy (non-hydrogen) atoms. The lowest BCUT2D eigenvalue weighted by Gasteiger charge is -2.23. The Morgan fingerprint density at radius 2 is 2.22 bits per heavy atom. The molecule has 0 spiro atoms. The number of carbonyl (C=O) groups is 1. The number of carbonyl (C=O) groups excluding carboxylic acids is 1. The molecule has 1 aliphatic rings. The van der Waals surface area contributed by atoms with Gasteiger partial charge in [0.05, 0.1) is 6.61 Å². The SMILES string of the molecule is Cc1c(NC(=O)C2CNCCO2)cccc1OCC(F)(F)F.Cl. The zero-order chi connectivity index (χ0) is 16.2. The van der Waals surface area contributed by atoms with E-state index in [2.05, 4.69) is 10.6 Å². The van der Waals surface area contributed by atoms with E-state index in [0.717, 1.165) is 0 Å². The van der Waals surface area contributed by atoms with Gasteiger partial charge in [0.2, 0.25) is 0 Å². The topological polar surface area (TPSA) is 59.6 Å². The van der Waals surface area contributed by atoms with Crippen molar-refractivity contribution in [1.29, 1.82) is 0 Å². The first-order valence-electron chi connectivity index (χ1n) is 6.79. The minimum Gasteiger partial charge on any atom is -0.484 e. The van der Waals surface area contributed by atoms with Crippen LogP contribution in [0.5, 0.6) is 5.75 Å². The maximum atomic E-state index is 12.2. The van der Waals surface area contributed by atoms with Crippen molar-refractivity contribution in [1.82, 2.24) is 5.32 Å². The van der Waals surface area contributed by atoms with Crippen LogP contribution in [0.1, 0.15) is 5.56 Å². The average Bonchev–Trinajstić information content (AvgIpc) is 2.48. The number of benzene rings is 1. The largest absolute Gasteiger partial charge is 0.484 e. The molecule has 2 rings (SSSR count). The summed E-state index contributed by atoms with van der Waals surface area (Å²) in [5, 5.41) is 5.68. The summed E-state index contributed by atoms with van der Waals surface area (Å²) in [5.74, 6) is -0.263. The van der Waals surface area contributed by atoms with Crippen molar-refractivity contribution in [3.8, 4) is 5.75 Å². The Morgan fingerprint density at radius 3 is 2.83 bits per heavy atom. The normalized spacial score (nSPS) is 18.0. The molecule has 1 saturated heterocycles. The highest BCUT2D eigenvalue weighted by Crippen LogP contribution is 2.27. The number of hydrogen-bond acceptors (Lipinski definition) is 4. The molecule has 1 amide bonds. The third-order valence-corrected chi connectivity index (χ3v) is 3.15. The Hall–Kier alpha value is -1.51. The molecule has 1 aromatic carbocycles. The van der Waals surface area contributed by atoms with E-state index in [1.807, 2.05) is 0 Å². The Kier molecular flexibility index (Phi) is 7.11. The molecule has 1 atom stereocenters. The summed E-state index contributed by atoms with van der Waals surface area (Å²) in [6.45, 7) is 1.73. The standard InChI is InChI=1S/C14H17F3N2O3.ClH/c1-9-10(19-13(20)12-7-18-5-6-21-12)3-2-4-11(9)22-8-14(15,16)17;/h2-4,12,18H,5-8H2,1H3,(H,19,20);1H. The fourth-order valence-electron chi connectivity index (χ4n) is 2.01. The van der Waals surface area contributed by atoms with Crippen molar-refractivity contribution in [3.63, 3.8) is 0 Å². The molecule has 1 heterocycles. The Balaban J connectivity index is 0.00000264. The van der Waals surface area contributed by atoms with Crippen LogP contribution in [0.25, 0.3) is 0 Å². The molecular formula is C14H18ClF3N2O3. The highest BCUT2D eigenvalue weighted by Gasteiger charge is 2.29. The quantitative estimate of drug-likeness (QED) is 0.871. The van der Waals surface area contributed by atoms with E-state index in [1.54, 1.807) is 13.0 Å². The molecule has 5 nitrogen and oxygen atoms in total. The lowest BCUT2D eigenvalue weighted by molar-refractivity contribution is -0.153. The first-order chi connectivity index (χ1) is 10.4. The number of nitrogens with one attached hydrogen (secondary N) is 2. The molecule has 1 aromatic rings. The van der Waals surface area contributed by atoms with E-state index < -0.39 is 18.9 Å². The van der Waals surface area contributed by atoms with Crippen LogP contribution in [0.15, 0.2) is 18.2 Å². The van der Waals surface area contributed by atoms with Crippen LogP contribution in [0.4, 0.5) is 18.9 Å². The fourth-order valence-corrected chi connectivity index (χ4v) is 2.01. The first kappa shape index (κ1) is 19.5. The third kappa shape index (κ3) is 5.89. The van der Waals surface area contributed by atoms with Gasteiger partial charge in [-0.15, -0.1) is 12.4 Å². The maximum absolute atomic E-state index is 12.2. The van der Waals surface area contributed by atoms with Crippen LogP contribution in [0.3, 0.4) is 0 Å². The molecule has 0 bridgehead atoms. The summed E-state index contributed by atoms with van der Waals surface area (Å²) in [5.41, 5.74) is 0.836. The highest BCUT2D eigenvalue weighted by atomic mass is 35.5. The molecule has 1 unspecified atom stereocenters. The summed E-state index contributed by atoms with van der Waals surface area (Å²) >= 11 is 0. The van der Waals surface area contributed by atoms with Gasteiger partial charge in [0, 0.05) is 24.3 Å². The molecule has 1 fully saturated rings. The fraction of sp³-hybridized carbons (Fsp3) is 0.500. The van der Waals surface area contributed by atoms with E-state index >= 15 is 0 Å². The second-order valence-electron chi connectivity index (χ2n) is 4.89. The van der Waals surface area contributed by atoms with Gasteiger partial charge in [0.15, 0.2) is 6.61 Å². The van der Waals surface area contributed by atoms with Crippen LogP contribution in [-0.4, -0.2) is 44.5 Å². The average molecular weight is 355 g/mol. The van der Waals surface area contributed by atoms with E-state index in [1.165, 1.54) is 12.1 Å². The summed E-state index contributed by atoms with van der Waals surface area (Å²) in [6, 6.07) is 4.55. The smallest absolute Gasteiger partial charge is 0.422 e. The minimum atomic E-state index is -4.41. The number of anilines is 1. The van der Waals surface area contributed by atoms with Crippen LogP contribution in [0.2, 0.25) is 0 Å². The number of rotatable bonds is 4. The zero-order valence-corrected chi connectivity index (χ0v) is 13.2. The van der Waals surface area contributed by atoms with E-state index in [9.17, 15) is 18.0 Å². The van der Waals surface area contributed by atoms with Gasteiger partial charge in [-0.05, 0) is 19.1 Å². The molecule has 1 aliphatic heterocycles. The van der Waals surface area contributed by atoms with E-state index in [-0.39, 0.29) is 24.1 Å². The lowest BCUT2D eigenvalue weighted by atomic mass is 10.1. The van der Waals surface area contributed by atoms with Gasteiger partial charge in [-0.2, -0.15) is 13.2 Å². The van der Waals surface area contributed by atoms with Crippen molar-refractivity contribution < 1.29 is 27.4 Å². The Morgan fingerprint density at radius 1 is 1.48 bits per heavy atom. The molecule has 0 saturated carbocycles. The monoisotopic (exact) mass is 354 g/mol. The minimum absolute atomic E-state index is 0. The van der Waals surface area contributed by atoms with Gasteiger partial charge < -0.3 is 20.1 Å². The number of morpholine rings is 1. The molecule has 0 aromatic heterocycles. The highest BCUT2D eigenvalue weighted by molar-refractivity contribution is 5.95. The molecule has 2 N–H and O–H groups in total. The molecule has 0 radical (unpaired) electrons. The van der Waals surface area contributed by atoms with Gasteiger partial charge in [0.25, 0.3) is 5.91 Å². The van der Waals surface area contributed by atoms with Crippen LogP contribution in [-0.2, 0) is 9.53 Å². The van der Waals surface area contributed by atoms with Crippen LogP contribution in [0, 0.1) is 6.92 Å². The van der Waals surface area contributed by atoms with Gasteiger partial charge >= 0.3 is 6.18 Å². The first-order valence-corrected chi connectivity index (χ1v) is 6.79. The van der Waals surface area contributed by atoms with Gasteiger partial charge in [0.1, 0.15) is 11.9 Å². The number of ether oxygens (including phenoxy) is 2. The number of halogens is 4. The van der Waals surface area contributed by atoms with Crippen molar-refractivity contribution in [2.45, 2.75) is 19.2 Å². The molecule has 130 valence electrons. The molecule has 9 heteroatoms. The number of hydrogen-bond donors (Lipinski definition) is 2. The molecule has 0 aliphatic carbocycles. The summed E-state index contributed by atoms with van der Waals surface area (Å²) < 4.78 is 46.7. The van der Waals surface area contributed by atoms with Gasteiger partial charge in [-0.3, -0.25) is 4.79 Å². The molecular weight excluding hydrogens is 337 g/mol. The Labute approximate surface area is 137 Å². The third-order valence-electron chi connectivity index (χ3n) is 3.15. The van der Waals surface area contributed by atoms with E-state index in [4.69, 9.17) is 9.47 Å². The van der Waals surface area contributed by atoms with Crippen LogP contribution < -0.4 is 15.4 Å².